The molecule has 7 nitrogen and oxygen atoms in total. The molecule has 0 unspecified atom stereocenters. The lowest BCUT2D eigenvalue weighted by atomic mass is 9.97. The van der Waals surface area contributed by atoms with Gasteiger partial charge in [0.05, 0.1) is 11.2 Å². The molecule has 1 aliphatic rings. The molecule has 2 aromatic heterocycles. The third-order valence-electron chi connectivity index (χ3n) is 5.32. The number of nitrogens with one attached hydrogen (secondary N) is 1. The number of amides is 2. The maximum absolute atomic E-state index is 12.8. The molecule has 2 amide bonds. The zero-order valence-electron chi connectivity index (χ0n) is 16.5. The van der Waals surface area contributed by atoms with Crippen LogP contribution in [0.15, 0.2) is 35.0 Å². The minimum absolute atomic E-state index is 0.0825. The highest BCUT2D eigenvalue weighted by molar-refractivity contribution is 6.01. The van der Waals surface area contributed by atoms with Gasteiger partial charge in [-0.2, -0.15) is 4.98 Å². The molecule has 28 heavy (non-hydrogen) atoms. The zero-order valence-corrected chi connectivity index (χ0v) is 16.5. The van der Waals surface area contributed by atoms with Crippen LogP contribution < -0.4 is 5.32 Å². The normalized spacial score (nSPS) is 15.4. The van der Waals surface area contributed by atoms with E-state index < -0.39 is 0 Å². The van der Waals surface area contributed by atoms with Crippen LogP contribution in [-0.2, 0) is 0 Å². The van der Waals surface area contributed by atoms with Crippen LogP contribution in [-0.4, -0.2) is 39.1 Å². The van der Waals surface area contributed by atoms with Crippen molar-refractivity contribution < 1.29 is 9.32 Å². The molecule has 0 aliphatic carbocycles. The Bertz CT molecular complexity index is 989. The van der Waals surface area contributed by atoms with Gasteiger partial charge in [0, 0.05) is 36.5 Å². The molecule has 1 aromatic carbocycles. The fourth-order valence-electron chi connectivity index (χ4n) is 3.59. The van der Waals surface area contributed by atoms with Gasteiger partial charge in [0.25, 0.3) is 0 Å². The lowest BCUT2D eigenvalue weighted by Crippen LogP contribution is -2.40. The smallest absolute Gasteiger partial charge is 0.321 e. The van der Waals surface area contributed by atoms with Gasteiger partial charge in [-0.05, 0) is 43.5 Å². The quantitative estimate of drug-likeness (QED) is 0.726. The summed E-state index contributed by atoms with van der Waals surface area (Å²) in [6.07, 6.45) is 3.42. The number of rotatable bonds is 3. The molecule has 1 saturated heterocycles. The van der Waals surface area contributed by atoms with Crippen molar-refractivity contribution in [2.24, 2.45) is 0 Å². The maximum Gasteiger partial charge on any atom is 0.321 e. The summed E-state index contributed by atoms with van der Waals surface area (Å²) < 4.78 is 5.43. The molecule has 4 rings (SSSR count). The number of anilines is 1. The molecule has 0 atom stereocenters. The number of aryl methyl sites for hydroxylation is 1. The Morgan fingerprint density at radius 1 is 1.25 bits per heavy atom. The molecule has 146 valence electrons. The highest BCUT2D eigenvalue weighted by atomic mass is 16.5. The van der Waals surface area contributed by atoms with Crippen LogP contribution in [0.25, 0.3) is 10.9 Å². The molecule has 7 heteroatoms. The van der Waals surface area contributed by atoms with Gasteiger partial charge in [0.1, 0.15) is 0 Å². The Morgan fingerprint density at radius 3 is 2.75 bits per heavy atom. The van der Waals surface area contributed by atoms with Crippen LogP contribution in [0.2, 0.25) is 0 Å². The van der Waals surface area contributed by atoms with Crippen molar-refractivity contribution >= 4 is 22.6 Å². The number of piperidine rings is 1. The van der Waals surface area contributed by atoms with Gasteiger partial charge in [-0.3, -0.25) is 4.98 Å². The molecule has 1 fully saturated rings. The number of nitrogens with zero attached hydrogens (tertiary/aromatic N) is 4. The highest BCUT2D eigenvalue weighted by Gasteiger charge is 2.28. The van der Waals surface area contributed by atoms with E-state index in [0.29, 0.717) is 19.0 Å². The van der Waals surface area contributed by atoms with Crippen molar-refractivity contribution in [1.29, 1.82) is 0 Å². The summed E-state index contributed by atoms with van der Waals surface area (Å²) in [6.45, 7) is 7.45. The number of hydrogen-bond acceptors (Lipinski definition) is 5. The molecular weight excluding hydrogens is 354 g/mol. The van der Waals surface area contributed by atoms with E-state index in [2.05, 4.69) is 20.4 Å². The first-order valence-electron chi connectivity index (χ1n) is 9.76. The predicted molar refractivity (Wildman–Crippen MR) is 107 cm³/mol. The highest BCUT2D eigenvalue weighted by Crippen LogP contribution is 2.29. The Kier molecular flexibility index (Phi) is 4.98. The number of aromatic nitrogens is 3. The topological polar surface area (TPSA) is 84.2 Å². The van der Waals surface area contributed by atoms with Crippen LogP contribution in [0.3, 0.4) is 0 Å². The van der Waals surface area contributed by atoms with Gasteiger partial charge in [0.2, 0.25) is 5.89 Å². The van der Waals surface area contributed by atoms with Crippen LogP contribution in [0.5, 0.6) is 0 Å². The fourth-order valence-corrected chi connectivity index (χ4v) is 3.59. The van der Waals surface area contributed by atoms with Gasteiger partial charge in [-0.15, -0.1) is 0 Å². The van der Waals surface area contributed by atoms with E-state index in [1.807, 2.05) is 49.9 Å². The zero-order chi connectivity index (χ0) is 19.7. The number of benzene rings is 1. The average molecular weight is 379 g/mol. The van der Waals surface area contributed by atoms with Crippen molar-refractivity contribution in [3.63, 3.8) is 0 Å². The first-order chi connectivity index (χ1) is 13.5. The van der Waals surface area contributed by atoms with E-state index >= 15 is 0 Å². The van der Waals surface area contributed by atoms with Gasteiger partial charge >= 0.3 is 6.03 Å². The van der Waals surface area contributed by atoms with E-state index in [9.17, 15) is 4.79 Å². The largest absolute Gasteiger partial charge is 0.339 e. The molecule has 1 aliphatic heterocycles. The number of fused-ring (bicyclic) bond motifs is 1. The van der Waals surface area contributed by atoms with E-state index in [0.717, 1.165) is 40.8 Å². The fraction of sp³-hybridized carbons (Fsp3) is 0.429. The Hall–Kier alpha value is -2.96. The third kappa shape index (κ3) is 3.56. The number of likely N-dealkylation sites (tertiary alicyclic amines) is 1. The molecular formula is C21H25N5O2. The minimum Gasteiger partial charge on any atom is -0.339 e. The number of carbonyl (C=O) groups excluding carboxylic acids is 1. The molecule has 0 bridgehead atoms. The second-order valence-electron chi connectivity index (χ2n) is 7.67. The molecule has 0 spiro atoms. The van der Waals surface area contributed by atoms with Gasteiger partial charge in [-0.1, -0.05) is 25.1 Å². The number of carbonyl (C=O) groups is 1. The van der Waals surface area contributed by atoms with Crippen LogP contribution in [0.1, 0.15) is 55.8 Å². The van der Waals surface area contributed by atoms with Crippen molar-refractivity contribution in [2.45, 2.75) is 45.4 Å². The lowest BCUT2D eigenvalue weighted by Gasteiger charge is -2.30. The number of urea groups is 1. The minimum atomic E-state index is -0.0825. The van der Waals surface area contributed by atoms with Gasteiger partial charge in [0.15, 0.2) is 5.82 Å². The standard InChI is InChI=1S/C21H25N5O2/c1-13(2)19-24-20(28-25-19)15-8-11-26(12-9-15)21(27)23-17-7-6-14(3)18-16(17)5-4-10-22-18/h4-7,10,13,15H,8-9,11-12H2,1-3H3,(H,23,27). The molecule has 3 aromatic rings. The molecule has 0 saturated carbocycles. The molecule has 3 heterocycles. The van der Waals surface area contributed by atoms with E-state index in [1.54, 1.807) is 6.20 Å². The molecule has 0 radical (unpaired) electrons. The SMILES string of the molecule is Cc1ccc(NC(=O)N2CCC(c3nc(C(C)C)no3)CC2)c2cccnc12. The van der Waals surface area contributed by atoms with Gasteiger partial charge < -0.3 is 14.7 Å². The Morgan fingerprint density at radius 2 is 2.04 bits per heavy atom. The van der Waals surface area contributed by atoms with Gasteiger partial charge in [-0.25, -0.2) is 4.79 Å². The summed E-state index contributed by atoms with van der Waals surface area (Å²) in [5.41, 5.74) is 2.80. The summed E-state index contributed by atoms with van der Waals surface area (Å²) in [5, 5.41) is 8.06. The van der Waals surface area contributed by atoms with Crippen molar-refractivity contribution in [1.82, 2.24) is 20.0 Å². The summed E-state index contributed by atoms with van der Waals surface area (Å²) in [5.74, 6) is 1.91. The number of pyridine rings is 1. The first-order valence-corrected chi connectivity index (χ1v) is 9.76. The Labute approximate surface area is 164 Å². The second kappa shape index (κ2) is 7.58. The number of hydrogen-bond donors (Lipinski definition) is 1. The first kappa shape index (κ1) is 18.4. The second-order valence-corrected chi connectivity index (χ2v) is 7.67. The monoisotopic (exact) mass is 379 g/mol. The van der Waals surface area contributed by atoms with E-state index in [-0.39, 0.29) is 17.9 Å². The Balaban J connectivity index is 1.41. The predicted octanol–water partition coefficient (Wildman–Crippen LogP) is 4.46. The van der Waals surface area contributed by atoms with Crippen molar-refractivity contribution in [3.8, 4) is 0 Å². The van der Waals surface area contributed by atoms with E-state index in [4.69, 9.17) is 4.52 Å². The van der Waals surface area contributed by atoms with Crippen LogP contribution in [0.4, 0.5) is 10.5 Å². The van der Waals surface area contributed by atoms with Crippen LogP contribution >= 0.6 is 0 Å². The summed E-state index contributed by atoms with van der Waals surface area (Å²) in [6, 6.07) is 7.72. The van der Waals surface area contributed by atoms with Crippen molar-refractivity contribution in [2.75, 3.05) is 18.4 Å². The molecule has 1 N–H and O–H groups in total. The maximum atomic E-state index is 12.8. The third-order valence-corrected chi connectivity index (χ3v) is 5.32. The van der Waals surface area contributed by atoms with Crippen molar-refractivity contribution in [3.05, 3.63) is 47.7 Å². The summed E-state index contributed by atoms with van der Waals surface area (Å²) >= 11 is 0. The van der Waals surface area contributed by atoms with Crippen LogP contribution in [0, 0.1) is 6.92 Å². The summed E-state index contributed by atoms with van der Waals surface area (Å²) in [7, 11) is 0. The summed E-state index contributed by atoms with van der Waals surface area (Å²) in [4.78, 5) is 23.6. The van der Waals surface area contributed by atoms with E-state index in [1.165, 1.54) is 0 Å². The average Bonchev–Trinajstić information content (AvgIpc) is 3.21. The lowest BCUT2D eigenvalue weighted by molar-refractivity contribution is 0.187.